The van der Waals surface area contributed by atoms with Crippen molar-refractivity contribution in [3.63, 3.8) is 0 Å². The maximum atomic E-state index is 11.1. The van der Waals surface area contributed by atoms with Crippen molar-refractivity contribution in [2.75, 3.05) is 11.9 Å². The molecule has 0 amide bonds. The third-order valence-electron chi connectivity index (χ3n) is 3.98. The number of aryl methyl sites for hydroxylation is 1. The molecular weight excluding hydrogens is 258 g/mol. The highest BCUT2D eigenvalue weighted by Crippen LogP contribution is 2.36. The molecule has 1 aliphatic rings. The van der Waals surface area contributed by atoms with Crippen LogP contribution in [-0.4, -0.2) is 27.2 Å². The number of nitrogens with one attached hydrogen (secondary N) is 1. The Balaban J connectivity index is 2.30. The molecule has 6 nitrogen and oxygen atoms in total. The van der Waals surface area contributed by atoms with Gasteiger partial charge in [0.25, 0.3) is 0 Å². The van der Waals surface area contributed by atoms with E-state index in [1.807, 2.05) is 0 Å². The fourth-order valence-corrected chi connectivity index (χ4v) is 3.00. The van der Waals surface area contributed by atoms with Crippen molar-refractivity contribution < 1.29 is 10.0 Å². The van der Waals surface area contributed by atoms with Gasteiger partial charge in [-0.05, 0) is 31.2 Å². The van der Waals surface area contributed by atoms with Crippen LogP contribution in [0.4, 0.5) is 11.5 Å². The zero-order valence-electron chi connectivity index (χ0n) is 11.9. The summed E-state index contributed by atoms with van der Waals surface area (Å²) in [7, 11) is 0. The molecule has 2 rings (SSSR count). The van der Waals surface area contributed by atoms with Crippen LogP contribution in [0, 0.1) is 23.0 Å². The van der Waals surface area contributed by atoms with E-state index in [1.54, 1.807) is 13.1 Å². The van der Waals surface area contributed by atoms with Crippen LogP contribution in [0.2, 0.25) is 0 Å². The number of hydrogen-bond acceptors (Lipinski definition) is 5. The van der Waals surface area contributed by atoms with E-state index >= 15 is 0 Å². The number of hydrogen-bond donors (Lipinski definition) is 2. The van der Waals surface area contributed by atoms with Gasteiger partial charge in [0.2, 0.25) is 5.82 Å². The number of rotatable bonds is 4. The summed E-state index contributed by atoms with van der Waals surface area (Å²) < 4.78 is 0. The lowest BCUT2D eigenvalue weighted by Crippen LogP contribution is -2.46. The summed E-state index contributed by atoms with van der Waals surface area (Å²) in [5, 5.41) is 24.0. The molecular formula is C14H21N3O3. The summed E-state index contributed by atoms with van der Waals surface area (Å²) in [6, 6.07) is 1.51. The Kier molecular flexibility index (Phi) is 4.23. The van der Waals surface area contributed by atoms with E-state index in [4.69, 9.17) is 0 Å². The molecule has 0 aromatic carbocycles. The number of anilines is 1. The first-order chi connectivity index (χ1) is 9.46. The average Bonchev–Trinajstić information content (AvgIpc) is 2.40. The van der Waals surface area contributed by atoms with Gasteiger partial charge in [0.15, 0.2) is 0 Å². The summed E-state index contributed by atoms with van der Waals surface area (Å²) in [6.07, 6.45) is 5.35. The van der Waals surface area contributed by atoms with Crippen molar-refractivity contribution >= 4 is 11.5 Å². The van der Waals surface area contributed by atoms with Gasteiger partial charge in [-0.3, -0.25) is 10.1 Å². The molecule has 1 fully saturated rings. The van der Waals surface area contributed by atoms with Crippen LogP contribution in [0.5, 0.6) is 0 Å². The van der Waals surface area contributed by atoms with Crippen molar-refractivity contribution in [3.05, 3.63) is 27.9 Å². The Morgan fingerprint density at radius 3 is 3.00 bits per heavy atom. The molecule has 0 radical (unpaired) electrons. The Hall–Kier alpha value is -1.69. The molecule has 1 aromatic heterocycles. The van der Waals surface area contributed by atoms with Crippen LogP contribution < -0.4 is 5.32 Å². The number of aliphatic hydroxyl groups is 1. The number of aromatic nitrogens is 1. The summed E-state index contributed by atoms with van der Waals surface area (Å²) in [6.45, 7) is 3.88. The molecule has 0 spiro atoms. The van der Waals surface area contributed by atoms with E-state index in [9.17, 15) is 15.2 Å². The van der Waals surface area contributed by atoms with E-state index in [2.05, 4.69) is 17.2 Å². The minimum absolute atomic E-state index is 0.0314. The fraction of sp³-hybridized carbons (Fsp3) is 0.643. The van der Waals surface area contributed by atoms with Crippen LogP contribution in [0.1, 0.15) is 38.2 Å². The Labute approximate surface area is 118 Å². The highest BCUT2D eigenvalue weighted by molar-refractivity contribution is 5.58. The highest BCUT2D eigenvalue weighted by Gasteiger charge is 2.36. The lowest BCUT2D eigenvalue weighted by Gasteiger charge is -2.39. The van der Waals surface area contributed by atoms with Gasteiger partial charge >= 0.3 is 5.69 Å². The lowest BCUT2D eigenvalue weighted by molar-refractivity contribution is -0.384. The molecule has 1 saturated carbocycles. The molecule has 20 heavy (non-hydrogen) atoms. The molecule has 0 bridgehead atoms. The number of nitro groups is 1. The van der Waals surface area contributed by atoms with Gasteiger partial charge < -0.3 is 10.4 Å². The standard InChI is InChI=1S/C14H21N3O3/c1-10-4-3-5-14(7-10,9-18)16-13-12(17(19)20)6-11(2)8-15-13/h6,8,10,18H,3-5,7,9H2,1-2H3,(H,15,16). The molecule has 2 unspecified atom stereocenters. The zero-order chi connectivity index (χ0) is 14.8. The number of aliphatic hydroxyl groups excluding tert-OH is 1. The SMILES string of the molecule is Cc1cnc(NC2(CO)CCCC(C)C2)c([N+](=O)[O-])c1. The monoisotopic (exact) mass is 279 g/mol. The summed E-state index contributed by atoms with van der Waals surface area (Å²) >= 11 is 0. The average molecular weight is 279 g/mol. The second kappa shape index (κ2) is 5.75. The van der Waals surface area contributed by atoms with Crippen molar-refractivity contribution in [3.8, 4) is 0 Å². The van der Waals surface area contributed by atoms with Crippen molar-refractivity contribution in [2.45, 2.75) is 45.1 Å². The second-order valence-corrected chi connectivity index (χ2v) is 5.90. The molecule has 6 heteroatoms. The molecule has 2 atom stereocenters. The Morgan fingerprint density at radius 1 is 1.65 bits per heavy atom. The van der Waals surface area contributed by atoms with E-state index in [0.29, 0.717) is 5.92 Å². The Bertz CT molecular complexity index is 506. The normalized spacial score (nSPS) is 26.2. The lowest BCUT2D eigenvalue weighted by atomic mass is 9.77. The maximum Gasteiger partial charge on any atom is 0.311 e. The first-order valence-electron chi connectivity index (χ1n) is 6.96. The van der Waals surface area contributed by atoms with E-state index in [0.717, 1.165) is 31.2 Å². The smallest absolute Gasteiger partial charge is 0.311 e. The second-order valence-electron chi connectivity index (χ2n) is 5.90. The molecule has 2 N–H and O–H groups in total. The summed E-state index contributed by atoms with van der Waals surface area (Å²) in [4.78, 5) is 14.9. The number of nitrogens with zero attached hydrogens (tertiary/aromatic N) is 2. The van der Waals surface area contributed by atoms with Gasteiger partial charge in [-0.25, -0.2) is 4.98 Å². The van der Waals surface area contributed by atoms with Gasteiger partial charge in [0.05, 0.1) is 17.1 Å². The highest BCUT2D eigenvalue weighted by atomic mass is 16.6. The van der Waals surface area contributed by atoms with Crippen LogP contribution in [0.15, 0.2) is 12.3 Å². The predicted octanol–water partition coefficient (Wildman–Crippen LogP) is 2.65. The minimum Gasteiger partial charge on any atom is -0.394 e. The molecule has 0 saturated heterocycles. The van der Waals surface area contributed by atoms with Gasteiger partial charge in [0, 0.05) is 12.3 Å². The van der Waals surface area contributed by atoms with Gasteiger partial charge in [-0.15, -0.1) is 0 Å². The third kappa shape index (κ3) is 3.07. The molecule has 0 aliphatic heterocycles. The molecule has 1 heterocycles. The molecule has 110 valence electrons. The van der Waals surface area contributed by atoms with Crippen molar-refractivity contribution in [1.29, 1.82) is 0 Å². The first kappa shape index (κ1) is 14.7. The van der Waals surface area contributed by atoms with Crippen molar-refractivity contribution in [1.82, 2.24) is 4.98 Å². The zero-order valence-corrected chi connectivity index (χ0v) is 11.9. The molecule has 1 aliphatic carbocycles. The van der Waals surface area contributed by atoms with E-state index < -0.39 is 10.5 Å². The van der Waals surface area contributed by atoms with E-state index in [1.165, 1.54) is 6.07 Å². The predicted molar refractivity (Wildman–Crippen MR) is 76.7 cm³/mol. The Morgan fingerprint density at radius 2 is 2.40 bits per heavy atom. The first-order valence-corrected chi connectivity index (χ1v) is 6.96. The third-order valence-corrected chi connectivity index (χ3v) is 3.98. The van der Waals surface area contributed by atoms with E-state index in [-0.39, 0.29) is 18.1 Å². The van der Waals surface area contributed by atoms with Gasteiger partial charge in [-0.2, -0.15) is 0 Å². The van der Waals surface area contributed by atoms with Crippen LogP contribution in [-0.2, 0) is 0 Å². The maximum absolute atomic E-state index is 11.1. The van der Waals surface area contributed by atoms with Crippen LogP contribution >= 0.6 is 0 Å². The van der Waals surface area contributed by atoms with Crippen LogP contribution in [0.3, 0.4) is 0 Å². The topological polar surface area (TPSA) is 88.3 Å². The minimum atomic E-state index is -0.495. The fourth-order valence-electron chi connectivity index (χ4n) is 3.00. The largest absolute Gasteiger partial charge is 0.394 e. The summed E-state index contributed by atoms with van der Waals surface area (Å²) in [5.41, 5.74) is 0.221. The molecule has 1 aromatic rings. The van der Waals surface area contributed by atoms with Gasteiger partial charge in [-0.1, -0.05) is 19.8 Å². The van der Waals surface area contributed by atoms with Crippen molar-refractivity contribution in [2.24, 2.45) is 5.92 Å². The summed E-state index contributed by atoms with van der Waals surface area (Å²) in [5.74, 6) is 0.747. The van der Waals surface area contributed by atoms with Crippen LogP contribution in [0.25, 0.3) is 0 Å². The quantitative estimate of drug-likeness (QED) is 0.653. The van der Waals surface area contributed by atoms with Gasteiger partial charge in [0.1, 0.15) is 0 Å². The number of pyridine rings is 1.